The quantitative estimate of drug-likeness (QED) is 0.625. The molecule has 0 bridgehead atoms. The number of carbonyl (C=O) groups excluding carboxylic acids is 2. The van der Waals surface area contributed by atoms with Crippen LogP contribution in [0.25, 0.3) is 0 Å². The number of amides is 1. The van der Waals surface area contributed by atoms with Crippen LogP contribution in [0.5, 0.6) is 0 Å². The Bertz CT molecular complexity index is 805. The van der Waals surface area contributed by atoms with Gasteiger partial charge in [0, 0.05) is 24.8 Å². The Kier molecular flexibility index (Phi) is 4.56. The summed E-state index contributed by atoms with van der Waals surface area (Å²) in [7, 11) is 1.35. The minimum atomic E-state index is -0.597. The third-order valence-electron chi connectivity index (χ3n) is 6.76. The Morgan fingerprint density at radius 2 is 2.26 bits per heavy atom. The van der Waals surface area contributed by atoms with E-state index >= 15 is 0 Å². The Labute approximate surface area is 159 Å². The van der Waals surface area contributed by atoms with E-state index in [1.165, 1.54) is 7.11 Å². The fourth-order valence-corrected chi connectivity index (χ4v) is 5.40. The number of allylic oxidation sites excluding steroid dienone is 1. The highest BCUT2D eigenvalue weighted by molar-refractivity contribution is 6.07. The average Bonchev–Trinajstić information content (AvgIpc) is 3.20. The number of aliphatic hydroxyl groups excluding tert-OH is 1. The number of hydrogen-bond donors (Lipinski definition) is 2. The van der Waals surface area contributed by atoms with Gasteiger partial charge in [-0.25, -0.2) is 0 Å². The molecule has 3 aliphatic heterocycles. The number of benzene rings is 1. The lowest BCUT2D eigenvalue weighted by Crippen LogP contribution is -2.53. The van der Waals surface area contributed by atoms with E-state index in [1.807, 2.05) is 37.3 Å². The normalized spacial score (nSPS) is 32.3. The largest absolute Gasteiger partial charge is 0.469 e. The van der Waals surface area contributed by atoms with Crippen molar-refractivity contribution in [2.75, 3.05) is 32.1 Å². The van der Waals surface area contributed by atoms with Crippen LogP contribution in [0.3, 0.4) is 0 Å². The summed E-state index contributed by atoms with van der Waals surface area (Å²) in [5, 5.41) is 12.9. The van der Waals surface area contributed by atoms with Crippen LogP contribution in [0.1, 0.15) is 25.3 Å². The topological polar surface area (TPSA) is 78.9 Å². The summed E-state index contributed by atoms with van der Waals surface area (Å²) >= 11 is 0. The van der Waals surface area contributed by atoms with Crippen LogP contribution in [0.4, 0.5) is 5.69 Å². The highest BCUT2D eigenvalue weighted by Gasteiger charge is 2.59. The molecule has 3 aliphatic rings. The second kappa shape index (κ2) is 6.77. The van der Waals surface area contributed by atoms with Gasteiger partial charge in [-0.05, 0) is 37.3 Å². The minimum Gasteiger partial charge on any atom is -0.469 e. The molecule has 0 aromatic heterocycles. The van der Waals surface area contributed by atoms with Crippen molar-refractivity contribution in [3.63, 3.8) is 0 Å². The number of rotatable bonds is 3. The molecule has 4 atom stereocenters. The van der Waals surface area contributed by atoms with Gasteiger partial charge in [0.15, 0.2) is 0 Å². The molecule has 4 rings (SSSR count). The second-order valence-corrected chi connectivity index (χ2v) is 7.73. The number of ether oxygens (including phenoxy) is 1. The Balaban J connectivity index is 1.74. The molecule has 2 N–H and O–H groups in total. The summed E-state index contributed by atoms with van der Waals surface area (Å²) in [6.45, 7) is 3.28. The van der Waals surface area contributed by atoms with Crippen LogP contribution >= 0.6 is 0 Å². The lowest BCUT2D eigenvalue weighted by atomic mass is 9.68. The van der Waals surface area contributed by atoms with E-state index in [-0.39, 0.29) is 24.5 Å². The molecule has 0 aliphatic carbocycles. The maximum atomic E-state index is 13.1. The number of para-hydroxylation sites is 1. The SMILES string of the molecule is C/C=C1/CN2CC[C@]3(C(=O)Nc4ccccc43)[C@@H]2C[C@@H]1[C@H](CO)C(=O)OC. The minimum absolute atomic E-state index is 0.00792. The number of hydrogen-bond acceptors (Lipinski definition) is 5. The first-order valence-corrected chi connectivity index (χ1v) is 9.55. The van der Waals surface area contributed by atoms with Crippen LogP contribution < -0.4 is 5.32 Å². The van der Waals surface area contributed by atoms with E-state index in [9.17, 15) is 14.7 Å². The van der Waals surface area contributed by atoms with Crippen molar-refractivity contribution in [2.45, 2.75) is 31.2 Å². The average molecular weight is 370 g/mol. The summed E-state index contributed by atoms with van der Waals surface area (Å²) in [5.41, 5.74) is 2.51. The van der Waals surface area contributed by atoms with Gasteiger partial charge in [0.25, 0.3) is 0 Å². The van der Waals surface area contributed by atoms with Crippen LogP contribution in [0, 0.1) is 11.8 Å². The first-order valence-electron chi connectivity index (χ1n) is 9.55. The van der Waals surface area contributed by atoms with E-state index in [2.05, 4.69) is 10.2 Å². The van der Waals surface area contributed by atoms with Gasteiger partial charge in [-0.15, -0.1) is 0 Å². The molecule has 2 saturated heterocycles. The number of piperidine rings is 1. The second-order valence-electron chi connectivity index (χ2n) is 7.73. The fourth-order valence-electron chi connectivity index (χ4n) is 5.40. The molecule has 6 nitrogen and oxygen atoms in total. The molecule has 1 amide bonds. The smallest absolute Gasteiger partial charge is 0.311 e. The lowest BCUT2D eigenvalue weighted by Gasteiger charge is -2.43. The molecule has 2 fully saturated rings. The monoisotopic (exact) mass is 370 g/mol. The zero-order chi connectivity index (χ0) is 19.2. The van der Waals surface area contributed by atoms with E-state index in [0.717, 1.165) is 36.3 Å². The number of nitrogens with zero attached hydrogens (tertiary/aromatic N) is 1. The van der Waals surface area contributed by atoms with Crippen molar-refractivity contribution < 1.29 is 19.4 Å². The highest BCUT2D eigenvalue weighted by Crippen LogP contribution is 2.52. The van der Waals surface area contributed by atoms with E-state index in [0.29, 0.717) is 6.42 Å². The molecule has 1 aromatic rings. The first kappa shape index (κ1) is 18.2. The summed E-state index contributed by atoms with van der Waals surface area (Å²) in [5.74, 6) is -1.05. The Morgan fingerprint density at radius 1 is 1.48 bits per heavy atom. The highest BCUT2D eigenvalue weighted by atomic mass is 16.5. The van der Waals surface area contributed by atoms with Gasteiger partial charge >= 0.3 is 5.97 Å². The van der Waals surface area contributed by atoms with Crippen LogP contribution in [0.2, 0.25) is 0 Å². The molecular formula is C21H26N2O4. The van der Waals surface area contributed by atoms with Gasteiger partial charge in [-0.3, -0.25) is 14.5 Å². The van der Waals surface area contributed by atoms with Gasteiger partial charge in [0.2, 0.25) is 5.91 Å². The number of methoxy groups -OCH3 is 1. The summed E-state index contributed by atoms with van der Waals surface area (Å²) < 4.78 is 4.94. The Morgan fingerprint density at radius 3 is 2.96 bits per heavy atom. The van der Waals surface area contributed by atoms with Gasteiger partial charge < -0.3 is 15.2 Å². The van der Waals surface area contributed by atoms with Crippen LogP contribution in [-0.4, -0.2) is 54.7 Å². The van der Waals surface area contributed by atoms with Crippen molar-refractivity contribution in [2.24, 2.45) is 11.8 Å². The lowest BCUT2D eigenvalue weighted by molar-refractivity contribution is -0.149. The van der Waals surface area contributed by atoms with E-state index < -0.39 is 17.3 Å². The zero-order valence-corrected chi connectivity index (χ0v) is 15.8. The maximum absolute atomic E-state index is 13.1. The number of fused-ring (bicyclic) bond motifs is 4. The molecule has 6 heteroatoms. The van der Waals surface area contributed by atoms with E-state index in [1.54, 1.807) is 0 Å². The van der Waals surface area contributed by atoms with E-state index in [4.69, 9.17) is 4.74 Å². The maximum Gasteiger partial charge on any atom is 0.311 e. The molecule has 1 aromatic carbocycles. The van der Waals surface area contributed by atoms with Gasteiger partial charge in [0.1, 0.15) is 0 Å². The van der Waals surface area contributed by atoms with Gasteiger partial charge in [-0.2, -0.15) is 0 Å². The number of nitrogens with one attached hydrogen (secondary N) is 1. The zero-order valence-electron chi connectivity index (χ0n) is 15.8. The molecule has 0 radical (unpaired) electrons. The summed E-state index contributed by atoms with van der Waals surface area (Å²) in [6.07, 6.45) is 3.47. The summed E-state index contributed by atoms with van der Waals surface area (Å²) in [6, 6.07) is 7.92. The molecule has 0 unspecified atom stereocenters. The number of esters is 1. The first-order chi connectivity index (χ1) is 13.1. The third-order valence-corrected chi connectivity index (χ3v) is 6.76. The molecule has 144 valence electrons. The number of anilines is 1. The van der Waals surface area contributed by atoms with Crippen molar-refractivity contribution in [3.8, 4) is 0 Å². The van der Waals surface area contributed by atoms with Gasteiger partial charge in [0.05, 0.1) is 25.0 Å². The molecular weight excluding hydrogens is 344 g/mol. The number of aliphatic hydroxyl groups is 1. The van der Waals surface area contributed by atoms with Crippen molar-refractivity contribution in [1.29, 1.82) is 0 Å². The predicted octanol–water partition coefficient (Wildman–Crippen LogP) is 1.70. The van der Waals surface area contributed by atoms with Crippen molar-refractivity contribution >= 4 is 17.6 Å². The van der Waals surface area contributed by atoms with Crippen molar-refractivity contribution in [3.05, 3.63) is 41.5 Å². The van der Waals surface area contributed by atoms with Crippen molar-refractivity contribution in [1.82, 2.24) is 4.90 Å². The molecule has 1 spiro atoms. The Hall–Kier alpha value is -2.18. The molecule has 0 saturated carbocycles. The van der Waals surface area contributed by atoms with Crippen LogP contribution in [-0.2, 0) is 19.7 Å². The third kappa shape index (κ3) is 2.54. The molecule has 27 heavy (non-hydrogen) atoms. The fraction of sp³-hybridized carbons (Fsp3) is 0.524. The number of carbonyl (C=O) groups is 2. The standard InChI is InChI=1S/C21H26N2O4/c1-3-13-11-23-9-8-21(16-6-4-5-7-17(16)22-20(21)26)18(23)10-14(13)15(12-24)19(25)27-2/h3-7,14-15,18,24H,8-12H2,1-2H3,(H,22,26)/b13-3-/t14-,15-,18-,21+/m0/s1. The summed E-state index contributed by atoms with van der Waals surface area (Å²) in [4.78, 5) is 27.7. The van der Waals surface area contributed by atoms with Crippen LogP contribution in [0.15, 0.2) is 35.9 Å². The molecule has 3 heterocycles. The van der Waals surface area contributed by atoms with Gasteiger partial charge in [-0.1, -0.05) is 29.8 Å². The predicted molar refractivity (Wildman–Crippen MR) is 101 cm³/mol.